The van der Waals surface area contributed by atoms with E-state index in [1.165, 1.54) is 6.07 Å². The second-order valence-electron chi connectivity index (χ2n) is 4.70. The minimum absolute atomic E-state index is 0.308. The van der Waals surface area contributed by atoms with Crippen molar-refractivity contribution in [3.63, 3.8) is 0 Å². The summed E-state index contributed by atoms with van der Waals surface area (Å²) < 4.78 is 14.0. The van der Waals surface area contributed by atoms with Crippen LogP contribution < -0.4 is 4.90 Å². The molecular formula is C16H18FNO. The van der Waals surface area contributed by atoms with Gasteiger partial charge in [-0.15, -0.1) is 0 Å². The third kappa shape index (κ3) is 3.12. The van der Waals surface area contributed by atoms with Crippen molar-refractivity contribution in [1.29, 1.82) is 0 Å². The molecule has 2 rings (SSSR count). The van der Waals surface area contributed by atoms with Crippen molar-refractivity contribution in [2.45, 2.75) is 19.6 Å². The summed E-state index contributed by atoms with van der Waals surface area (Å²) >= 11 is 0. The van der Waals surface area contributed by atoms with Gasteiger partial charge in [0.25, 0.3) is 0 Å². The van der Waals surface area contributed by atoms with Crippen LogP contribution in [0.5, 0.6) is 0 Å². The van der Waals surface area contributed by atoms with Crippen molar-refractivity contribution in [2.75, 3.05) is 11.9 Å². The minimum Gasteiger partial charge on any atom is -0.389 e. The molecule has 1 unspecified atom stereocenters. The largest absolute Gasteiger partial charge is 0.389 e. The molecule has 2 aromatic carbocycles. The van der Waals surface area contributed by atoms with E-state index in [1.807, 2.05) is 42.3 Å². The lowest BCUT2D eigenvalue weighted by atomic mass is 10.1. The van der Waals surface area contributed by atoms with Crippen LogP contribution in [0.15, 0.2) is 48.5 Å². The SMILES string of the molecule is CC(O)c1cccc(F)c1N(C)Cc1ccccc1. The Morgan fingerprint density at radius 3 is 2.42 bits per heavy atom. The number of nitrogens with zero attached hydrogens (tertiary/aromatic N) is 1. The van der Waals surface area contributed by atoms with Gasteiger partial charge in [-0.05, 0) is 18.6 Å². The standard InChI is InChI=1S/C16H18FNO/c1-12(19)14-9-6-10-15(17)16(14)18(2)11-13-7-4-3-5-8-13/h3-10,12,19H,11H2,1-2H3. The topological polar surface area (TPSA) is 23.5 Å². The van der Waals surface area contributed by atoms with Gasteiger partial charge in [-0.1, -0.05) is 42.5 Å². The summed E-state index contributed by atoms with van der Waals surface area (Å²) in [6.07, 6.45) is -0.691. The Balaban J connectivity index is 2.31. The van der Waals surface area contributed by atoms with E-state index in [0.717, 1.165) is 5.56 Å². The maximum Gasteiger partial charge on any atom is 0.146 e. The third-order valence-electron chi connectivity index (χ3n) is 3.11. The van der Waals surface area contributed by atoms with Gasteiger partial charge in [0.1, 0.15) is 5.82 Å². The van der Waals surface area contributed by atoms with Gasteiger partial charge < -0.3 is 10.0 Å². The van der Waals surface area contributed by atoms with Crippen LogP contribution in [-0.4, -0.2) is 12.2 Å². The van der Waals surface area contributed by atoms with Gasteiger partial charge in [-0.2, -0.15) is 0 Å². The summed E-state index contributed by atoms with van der Waals surface area (Å²) in [6.45, 7) is 2.25. The second-order valence-corrected chi connectivity index (χ2v) is 4.70. The monoisotopic (exact) mass is 259 g/mol. The van der Waals surface area contributed by atoms with Crippen LogP contribution in [0.2, 0.25) is 0 Å². The smallest absolute Gasteiger partial charge is 0.146 e. The molecule has 0 spiro atoms. The highest BCUT2D eigenvalue weighted by molar-refractivity contribution is 5.55. The number of aliphatic hydroxyl groups is 1. The lowest BCUT2D eigenvalue weighted by molar-refractivity contribution is 0.199. The minimum atomic E-state index is -0.691. The fraction of sp³-hybridized carbons (Fsp3) is 0.250. The number of anilines is 1. The lowest BCUT2D eigenvalue weighted by Gasteiger charge is -2.24. The van der Waals surface area contributed by atoms with Crippen LogP contribution in [-0.2, 0) is 6.54 Å². The average molecular weight is 259 g/mol. The molecule has 1 atom stereocenters. The molecule has 0 saturated carbocycles. The van der Waals surface area contributed by atoms with Crippen LogP contribution in [0.1, 0.15) is 24.2 Å². The molecular weight excluding hydrogens is 241 g/mol. The van der Waals surface area contributed by atoms with Gasteiger partial charge in [0.15, 0.2) is 0 Å². The Labute approximate surface area is 113 Å². The number of rotatable bonds is 4. The Hall–Kier alpha value is -1.87. The van der Waals surface area contributed by atoms with E-state index in [2.05, 4.69) is 0 Å². The molecule has 0 aliphatic rings. The molecule has 1 N–H and O–H groups in total. The molecule has 0 fully saturated rings. The van der Waals surface area contributed by atoms with Crippen molar-refractivity contribution in [2.24, 2.45) is 0 Å². The first-order valence-electron chi connectivity index (χ1n) is 6.31. The summed E-state index contributed by atoms with van der Waals surface area (Å²) in [5.74, 6) is -0.308. The normalized spacial score (nSPS) is 12.2. The molecule has 2 aromatic rings. The van der Waals surface area contributed by atoms with Gasteiger partial charge >= 0.3 is 0 Å². The molecule has 0 aromatic heterocycles. The Morgan fingerprint density at radius 2 is 1.79 bits per heavy atom. The summed E-state index contributed by atoms with van der Waals surface area (Å²) in [7, 11) is 1.83. The summed E-state index contributed by atoms with van der Waals surface area (Å²) in [5, 5.41) is 9.75. The molecule has 0 amide bonds. The van der Waals surface area contributed by atoms with Gasteiger partial charge in [-0.25, -0.2) is 4.39 Å². The quantitative estimate of drug-likeness (QED) is 0.908. The van der Waals surface area contributed by atoms with Crippen LogP contribution in [0.3, 0.4) is 0 Å². The number of benzene rings is 2. The first-order valence-corrected chi connectivity index (χ1v) is 6.31. The fourth-order valence-corrected chi connectivity index (χ4v) is 2.21. The second kappa shape index (κ2) is 5.85. The van der Waals surface area contributed by atoms with E-state index < -0.39 is 6.10 Å². The molecule has 19 heavy (non-hydrogen) atoms. The number of para-hydroxylation sites is 1. The first-order chi connectivity index (χ1) is 9.09. The van der Waals surface area contributed by atoms with Gasteiger partial charge in [0.2, 0.25) is 0 Å². The van der Waals surface area contributed by atoms with Gasteiger partial charge in [-0.3, -0.25) is 0 Å². The fourth-order valence-electron chi connectivity index (χ4n) is 2.21. The van der Waals surface area contributed by atoms with Crippen LogP contribution >= 0.6 is 0 Å². The predicted octanol–water partition coefficient (Wildman–Crippen LogP) is 3.52. The lowest BCUT2D eigenvalue weighted by Crippen LogP contribution is -2.20. The summed E-state index contributed by atoms with van der Waals surface area (Å²) in [6, 6.07) is 14.7. The maximum absolute atomic E-state index is 14.0. The van der Waals surface area contributed by atoms with E-state index >= 15 is 0 Å². The third-order valence-corrected chi connectivity index (χ3v) is 3.11. The molecule has 3 heteroatoms. The molecule has 0 heterocycles. The van der Waals surface area contributed by atoms with E-state index in [0.29, 0.717) is 17.8 Å². The zero-order valence-electron chi connectivity index (χ0n) is 11.2. The van der Waals surface area contributed by atoms with E-state index in [-0.39, 0.29) is 5.82 Å². The first kappa shape index (κ1) is 13.6. The molecule has 0 saturated heterocycles. The highest BCUT2D eigenvalue weighted by Gasteiger charge is 2.16. The van der Waals surface area contributed by atoms with Crippen LogP contribution in [0.25, 0.3) is 0 Å². The molecule has 2 nitrogen and oxygen atoms in total. The zero-order valence-corrected chi connectivity index (χ0v) is 11.2. The molecule has 0 bridgehead atoms. The van der Waals surface area contributed by atoms with Crippen molar-refractivity contribution < 1.29 is 9.50 Å². The van der Waals surface area contributed by atoms with Crippen LogP contribution in [0, 0.1) is 5.82 Å². The van der Waals surface area contributed by atoms with Crippen molar-refractivity contribution in [3.05, 3.63) is 65.5 Å². The van der Waals surface area contributed by atoms with E-state index in [9.17, 15) is 9.50 Å². The average Bonchev–Trinajstić information content (AvgIpc) is 2.39. The maximum atomic E-state index is 14.0. The highest BCUT2D eigenvalue weighted by Crippen LogP contribution is 2.29. The highest BCUT2D eigenvalue weighted by atomic mass is 19.1. The van der Waals surface area contributed by atoms with Crippen molar-refractivity contribution in [3.8, 4) is 0 Å². The number of hydrogen-bond acceptors (Lipinski definition) is 2. The van der Waals surface area contributed by atoms with E-state index in [4.69, 9.17) is 0 Å². The summed E-state index contributed by atoms with van der Waals surface area (Å²) in [4.78, 5) is 1.83. The Morgan fingerprint density at radius 1 is 1.11 bits per heavy atom. The number of halogens is 1. The van der Waals surface area contributed by atoms with Gasteiger partial charge in [0, 0.05) is 19.2 Å². The van der Waals surface area contributed by atoms with Crippen molar-refractivity contribution >= 4 is 5.69 Å². The molecule has 0 aliphatic heterocycles. The predicted molar refractivity (Wildman–Crippen MR) is 75.6 cm³/mol. The molecule has 100 valence electrons. The summed E-state index contributed by atoms with van der Waals surface area (Å²) in [5.41, 5.74) is 2.17. The molecule has 0 radical (unpaired) electrons. The number of hydrogen-bond donors (Lipinski definition) is 1. The Bertz CT molecular complexity index is 540. The Kier molecular flexibility index (Phi) is 4.17. The van der Waals surface area contributed by atoms with Gasteiger partial charge in [0.05, 0.1) is 11.8 Å². The van der Waals surface area contributed by atoms with Crippen molar-refractivity contribution in [1.82, 2.24) is 0 Å². The van der Waals surface area contributed by atoms with E-state index in [1.54, 1.807) is 19.1 Å². The number of aliphatic hydroxyl groups excluding tert-OH is 1. The molecule has 0 aliphatic carbocycles. The zero-order chi connectivity index (χ0) is 13.8. The van der Waals surface area contributed by atoms with Crippen LogP contribution in [0.4, 0.5) is 10.1 Å².